The molecule has 138 valence electrons. The van der Waals surface area contributed by atoms with Crippen molar-refractivity contribution >= 4 is 30.7 Å². The van der Waals surface area contributed by atoms with Crippen molar-refractivity contribution in [3.05, 3.63) is 59.9 Å². The van der Waals surface area contributed by atoms with Gasteiger partial charge in [-0.1, -0.05) is 18.2 Å². The molecule has 2 aromatic rings. The predicted molar refractivity (Wildman–Crippen MR) is 104 cm³/mol. The summed E-state index contributed by atoms with van der Waals surface area (Å²) < 4.78 is 5.76. The van der Waals surface area contributed by atoms with Crippen LogP contribution in [0.1, 0.15) is 37.6 Å². The van der Waals surface area contributed by atoms with Crippen molar-refractivity contribution < 1.29 is 9.53 Å². The van der Waals surface area contributed by atoms with Crippen molar-refractivity contribution in [3.63, 3.8) is 0 Å². The van der Waals surface area contributed by atoms with Crippen LogP contribution >= 0.6 is 24.8 Å². The lowest BCUT2D eigenvalue weighted by molar-refractivity contribution is -0.122. The first kappa shape index (κ1) is 23.2. The second-order valence-corrected chi connectivity index (χ2v) is 5.65. The summed E-state index contributed by atoms with van der Waals surface area (Å²) >= 11 is 0. The molecule has 1 heterocycles. The Bertz CT molecular complexity index is 639. The first-order valence-electron chi connectivity index (χ1n) is 7.72. The molecule has 5 nitrogen and oxygen atoms in total. The van der Waals surface area contributed by atoms with Crippen LogP contribution in [-0.4, -0.2) is 16.9 Å². The minimum Gasteiger partial charge on any atom is -0.487 e. The number of amides is 1. The second kappa shape index (κ2) is 11.7. The summed E-state index contributed by atoms with van der Waals surface area (Å²) in [4.78, 5) is 16.0. The fourth-order valence-corrected chi connectivity index (χ4v) is 2.19. The van der Waals surface area contributed by atoms with Crippen molar-refractivity contribution in [2.24, 2.45) is 5.73 Å². The minimum absolute atomic E-state index is 0. The fourth-order valence-electron chi connectivity index (χ4n) is 2.19. The maximum atomic E-state index is 11.8. The largest absolute Gasteiger partial charge is 0.487 e. The molecule has 1 amide bonds. The number of benzene rings is 1. The van der Waals surface area contributed by atoms with Crippen LogP contribution in [0, 0.1) is 0 Å². The molecule has 7 heteroatoms. The highest BCUT2D eigenvalue weighted by Gasteiger charge is 2.11. The molecule has 3 N–H and O–H groups in total. The van der Waals surface area contributed by atoms with Gasteiger partial charge in [0.25, 0.3) is 0 Å². The molecule has 0 saturated carbocycles. The van der Waals surface area contributed by atoms with Gasteiger partial charge in [-0.25, -0.2) is 0 Å². The molecule has 0 aliphatic heterocycles. The first-order valence-corrected chi connectivity index (χ1v) is 7.72. The summed E-state index contributed by atoms with van der Waals surface area (Å²) in [7, 11) is 0. The summed E-state index contributed by atoms with van der Waals surface area (Å²) in [6.45, 7) is 4.17. The zero-order chi connectivity index (χ0) is 16.7. The van der Waals surface area contributed by atoms with Gasteiger partial charge in [0.05, 0.1) is 11.7 Å². The first-order chi connectivity index (χ1) is 11.0. The van der Waals surface area contributed by atoms with Gasteiger partial charge in [0.2, 0.25) is 5.91 Å². The molecule has 2 atom stereocenters. The van der Waals surface area contributed by atoms with Crippen LogP contribution in [0.5, 0.6) is 5.75 Å². The molecule has 2 rings (SSSR count). The highest BCUT2D eigenvalue weighted by Crippen LogP contribution is 2.20. The van der Waals surface area contributed by atoms with Crippen LogP contribution < -0.4 is 15.8 Å². The number of pyridine rings is 1. The van der Waals surface area contributed by atoms with Crippen molar-refractivity contribution in [1.29, 1.82) is 0 Å². The Kier molecular flexibility index (Phi) is 10.8. The Morgan fingerprint density at radius 3 is 2.60 bits per heavy atom. The molecule has 0 aliphatic rings. The summed E-state index contributed by atoms with van der Waals surface area (Å²) in [6, 6.07) is 13.2. The van der Waals surface area contributed by atoms with Gasteiger partial charge in [0, 0.05) is 18.7 Å². The number of ether oxygens (including phenoxy) is 1. The average Bonchev–Trinajstić information content (AvgIpc) is 2.53. The van der Waals surface area contributed by atoms with Gasteiger partial charge < -0.3 is 15.8 Å². The molecule has 0 saturated heterocycles. The maximum Gasteiger partial charge on any atom is 0.222 e. The Morgan fingerprint density at radius 1 is 1.20 bits per heavy atom. The molecule has 0 fully saturated rings. The molecule has 2 unspecified atom stereocenters. The molecule has 25 heavy (non-hydrogen) atoms. The number of nitrogens with one attached hydrogen (secondary N) is 1. The van der Waals surface area contributed by atoms with E-state index in [1.807, 2.05) is 56.3 Å². The standard InChI is InChI=1S/C18H23N3O2.2ClH/c1-13(19)10-18(22)21-14(2)15-6-5-8-17(11-15)23-12-16-7-3-4-9-20-16;;/h3-9,11,13-14H,10,12,19H2,1-2H3,(H,21,22);2*1H. The third kappa shape index (κ3) is 8.20. The van der Waals surface area contributed by atoms with Gasteiger partial charge in [-0.2, -0.15) is 0 Å². The van der Waals surface area contributed by atoms with Crippen LogP contribution in [0.4, 0.5) is 0 Å². The van der Waals surface area contributed by atoms with Gasteiger partial charge in [0.1, 0.15) is 12.4 Å². The van der Waals surface area contributed by atoms with Gasteiger partial charge in [0.15, 0.2) is 0 Å². The second-order valence-electron chi connectivity index (χ2n) is 5.65. The van der Waals surface area contributed by atoms with Crippen LogP contribution in [0.25, 0.3) is 0 Å². The van der Waals surface area contributed by atoms with E-state index in [1.165, 1.54) is 0 Å². The van der Waals surface area contributed by atoms with Crippen molar-refractivity contribution in [2.75, 3.05) is 0 Å². The topological polar surface area (TPSA) is 77.2 Å². The van der Waals surface area contributed by atoms with E-state index < -0.39 is 0 Å². The Hall–Kier alpha value is -1.82. The minimum atomic E-state index is -0.143. The molecule has 1 aromatic heterocycles. The lowest BCUT2D eigenvalue weighted by Crippen LogP contribution is -2.31. The summed E-state index contributed by atoms with van der Waals surface area (Å²) in [5, 5.41) is 2.94. The van der Waals surface area contributed by atoms with Gasteiger partial charge in [-0.15, -0.1) is 24.8 Å². The third-order valence-corrected chi connectivity index (χ3v) is 3.36. The molecular formula is C18H25Cl2N3O2. The number of halogens is 2. The van der Waals surface area contributed by atoms with Crippen molar-refractivity contribution in [1.82, 2.24) is 10.3 Å². The lowest BCUT2D eigenvalue weighted by Gasteiger charge is -2.16. The number of aromatic nitrogens is 1. The van der Waals surface area contributed by atoms with Gasteiger partial charge in [-0.05, 0) is 43.7 Å². The van der Waals surface area contributed by atoms with Crippen LogP contribution in [-0.2, 0) is 11.4 Å². The van der Waals surface area contributed by atoms with Crippen molar-refractivity contribution in [2.45, 2.75) is 39.0 Å². The smallest absolute Gasteiger partial charge is 0.222 e. The zero-order valence-corrected chi connectivity index (χ0v) is 16.0. The molecule has 1 aromatic carbocycles. The van der Waals surface area contributed by atoms with E-state index in [2.05, 4.69) is 10.3 Å². The van der Waals surface area contributed by atoms with Crippen molar-refractivity contribution in [3.8, 4) is 5.75 Å². The normalized spacial score (nSPS) is 12.1. The highest BCUT2D eigenvalue weighted by atomic mass is 35.5. The molecule has 0 radical (unpaired) electrons. The molecule has 0 bridgehead atoms. The third-order valence-electron chi connectivity index (χ3n) is 3.36. The monoisotopic (exact) mass is 385 g/mol. The van der Waals surface area contributed by atoms with Crippen LogP contribution in [0.2, 0.25) is 0 Å². The van der Waals surface area contributed by atoms with Crippen LogP contribution in [0.15, 0.2) is 48.7 Å². The van der Waals surface area contributed by atoms with E-state index in [0.29, 0.717) is 13.0 Å². The Labute approximate surface area is 161 Å². The number of hydrogen-bond donors (Lipinski definition) is 2. The van der Waals surface area contributed by atoms with Gasteiger partial charge >= 0.3 is 0 Å². The number of hydrogen-bond acceptors (Lipinski definition) is 4. The number of nitrogens with zero attached hydrogens (tertiary/aromatic N) is 1. The number of carbonyl (C=O) groups excluding carboxylic acids is 1. The van der Waals surface area contributed by atoms with E-state index in [9.17, 15) is 4.79 Å². The Balaban J connectivity index is 0.00000288. The Morgan fingerprint density at radius 2 is 1.96 bits per heavy atom. The SMILES string of the molecule is CC(N)CC(=O)NC(C)c1cccc(OCc2ccccn2)c1.Cl.Cl. The van der Waals surface area contributed by atoms with E-state index in [1.54, 1.807) is 6.20 Å². The number of carbonyl (C=O) groups is 1. The van der Waals surface area contributed by atoms with E-state index in [0.717, 1.165) is 17.0 Å². The van der Waals surface area contributed by atoms with Crippen LogP contribution in [0.3, 0.4) is 0 Å². The summed E-state index contributed by atoms with van der Waals surface area (Å²) in [5.74, 6) is 0.703. The van der Waals surface area contributed by atoms with E-state index in [-0.39, 0.29) is 42.8 Å². The van der Waals surface area contributed by atoms with Gasteiger partial charge in [-0.3, -0.25) is 9.78 Å². The van der Waals surface area contributed by atoms with E-state index in [4.69, 9.17) is 10.5 Å². The summed E-state index contributed by atoms with van der Waals surface area (Å²) in [5.41, 5.74) is 7.50. The maximum absolute atomic E-state index is 11.8. The predicted octanol–water partition coefficient (Wildman–Crippen LogP) is 3.42. The highest BCUT2D eigenvalue weighted by molar-refractivity contribution is 5.85. The molecule has 0 aliphatic carbocycles. The lowest BCUT2D eigenvalue weighted by atomic mass is 10.1. The fraction of sp³-hybridized carbons (Fsp3) is 0.333. The quantitative estimate of drug-likeness (QED) is 0.765. The number of nitrogens with two attached hydrogens (primary N) is 1. The number of rotatable bonds is 7. The molecular weight excluding hydrogens is 361 g/mol. The average molecular weight is 386 g/mol. The molecule has 0 spiro atoms. The van der Waals surface area contributed by atoms with E-state index >= 15 is 0 Å². The summed E-state index contributed by atoms with van der Waals surface area (Å²) in [6.07, 6.45) is 2.06. The zero-order valence-electron chi connectivity index (χ0n) is 14.3.